The van der Waals surface area contributed by atoms with Crippen LogP contribution in [0.1, 0.15) is 22.5 Å². The second kappa shape index (κ2) is 11.3. The molecule has 0 aliphatic rings. The number of amidine groups is 1. The van der Waals surface area contributed by atoms with Crippen LogP contribution in [0, 0.1) is 5.41 Å². The molecule has 0 unspecified atom stereocenters. The van der Waals surface area contributed by atoms with Crippen molar-refractivity contribution in [2.45, 2.75) is 24.0 Å². The highest BCUT2D eigenvalue weighted by Gasteiger charge is 2.32. The number of thioether (sulfide) groups is 1. The molecule has 0 aliphatic heterocycles. The number of alkyl halides is 7. The number of hydrogen-bond donors (Lipinski definition) is 2. The molecule has 0 bridgehead atoms. The molecule has 28 heavy (non-hydrogen) atoms. The second-order valence-corrected chi connectivity index (χ2v) is 6.17. The first kappa shape index (κ1) is 26.3. The van der Waals surface area contributed by atoms with E-state index in [2.05, 4.69) is 9.97 Å². The van der Waals surface area contributed by atoms with Crippen LogP contribution in [0.5, 0.6) is 0 Å². The zero-order valence-electron chi connectivity index (χ0n) is 13.8. The molecule has 13 heteroatoms. The van der Waals surface area contributed by atoms with E-state index in [0.29, 0.717) is 16.9 Å². The van der Waals surface area contributed by atoms with Gasteiger partial charge in [-0.15, -0.1) is 24.0 Å². The van der Waals surface area contributed by atoms with E-state index in [4.69, 9.17) is 22.7 Å². The average Bonchev–Trinajstić information content (AvgIpc) is 2.59. The van der Waals surface area contributed by atoms with Gasteiger partial charge in [-0.2, -0.15) is 26.3 Å². The Kier molecular flexibility index (Phi) is 10.6. The van der Waals surface area contributed by atoms with Crippen LogP contribution in [0.4, 0.5) is 26.3 Å². The quantitative estimate of drug-likeness (QED) is 0.271. The van der Waals surface area contributed by atoms with Crippen molar-refractivity contribution in [3.8, 4) is 0 Å². The third-order valence-electron chi connectivity index (χ3n) is 2.78. The number of nitrogens with zero attached hydrogens (tertiary/aromatic N) is 2. The standard InChI is InChI=1S/C8H8F3N3S.C7H5ClF3N.ClH/c9-8(10,11)6-2-1-5(3-14-6)4-15-7(12)13;8-3-5-1-2-6(12-4-5)7(9,10)11;/h1-3H,4H2,(H3,12,13);1-2,4H,3H2;1H. The van der Waals surface area contributed by atoms with E-state index in [1.165, 1.54) is 12.1 Å². The molecule has 0 amide bonds. The Morgan fingerprint density at radius 1 is 0.929 bits per heavy atom. The molecule has 0 saturated carbocycles. The van der Waals surface area contributed by atoms with Gasteiger partial charge in [-0.1, -0.05) is 23.9 Å². The fourth-order valence-corrected chi connectivity index (χ4v) is 2.16. The molecule has 0 atom stereocenters. The summed E-state index contributed by atoms with van der Waals surface area (Å²) in [4.78, 5) is 6.49. The summed E-state index contributed by atoms with van der Waals surface area (Å²) in [6.45, 7) is 0. The predicted octanol–water partition coefficient (Wildman–Crippen LogP) is 5.49. The highest BCUT2D eigenvalue weighted by Crippen LogP contribution is 2.28. The Balaban J connectivity index is 0.000000514. The van der Waals surface area contributed by atoms with Crippen molar-refractivity contribution in [2.75, 3.05) is 0 Å². The predicted molar refractivity (Wildman–Crippen MR) is 98.5 cm³/mol. The van der Waals surface area contributed by atoms with E-state index in [9.17, 15) is 26.3 Å². The van der Waals surface area contributed by atoms with Crippen molar-refractivity contribution in [3.05, 3.63) is 59.2 Å². The van der Waals surface area contributed by atoms with Gasteiger partial charge < -0.3 is 5.73 Å². The molecular weight excluding hydrogens is 453 g/mol. The number of aromatic nitrogens is 2. The van der Waals surface area contributed by atoms with E-state index in [1.807, 2.05) is 0 Å². The Bertz CT molecular complexity index is 736. The molecule has 3 N–H and O–H groups in total. The van der Waals surface area contributed by atoms with Gasteiger partial charge in [0, 0.05) is 24.0 Å². The summed E-state index contributed by atoms with van der Waals surface area (Å²) in [5.74, 6) is 0.519. The van der Waals surface area contributed by atoms with Gasteiger partial charge in [0.05, 0.1) is 0 Å². The highest BCUT2D eigenvalue weighted by atomic mass is 35.5. The van der Waals surface area contributed by atoms with E-state index in [-0.39, 0.29) is 23.5 Å². The molecule has 156 valence electrons. The number of rotatable bonds is 3. The number of pyridine rings is 2. The molecule has 0 saturated heterocycles. The number of nitrogens with one attached hydrogen (secondary N) is 1. The lowest BCUT2D eigenvalue weighted by Crippen LogP contribution is -2.08. The fraction of sp³-hybridized carbons (Fsp3) is 0.267. The van der Waals surface area contributed by atoms with Gasteiger partial charge >= 0.3 is 12.4 Å². The van der Waals surface area contributed by atoms with Crippen LogP contribution in [0.3, 0.4) is 0 Å². The Morgan fingerprint density at radius 3 is 1.64 bits per heavy atom. The Hall–Kier alpha value is -1.72. The number of hydrogen-bond acceptors (Lipinski definition) is 4. The summed E-state index contributed by atoms with van der Waals surface area (Å²) < 4.78 is 72.1. The van der Waals surface area contributed by atoms with Crippen LogP contribution < -0.4 is 5.73 Å². The Labute approximate surface area is 171 Å². The SMILES string of the molecule is Cl.FC(F)(F)c1ccc(CCl)cn1.N=C(N)SCc1ccc(C(F)(F)F)nc1. The monoisotopic (exact) mass is 466 g/mol. The van der Waals surface area contributed by atoms with E-state index < -0.39 is 23.7 Å². The van der Waals surface area contributed by atoms with E-state index in [1.54, 1.807) is 0 Å². The van der Waals surface area contributed by atoms with Gasteiger partial charge in [-0.3, -0.25) is 15.4 Å². The van der Waals surface area contributed by atoms with Gasteiger partial charge in [0.1, 0.15) is 11.4 Å². The molecule has 4 nitrogen and oxygen atoms in total. The third kappa shape index (κ3) is 9.47. The van der Waals surface area contributed by atoms with E-state index >= 15 is 0 Å². The van der Waals surface area contributed by atoms with Gasteiger partial charge in [0.25, 0.3) is 0 Å². The maximum absolute atomic E-state index is 12.1. The topological polar surface area (TPSA) is 75.7 Å². The third-order valence-corrected chi connectivity index (χ3v) is 3.88. The van der Waals surface area contributed by atoms with E-state index in [0.717, 1.165) is 36.3 Å². The normalized spacial score (nSPS) is 11.1. The van der Waals surface area contributed by atoms with Crippen molar-refractivity contribution in [1.29, 1.82) is 5.41 Å². The van der Waals surface area contributed by atoms with Gasteiger partial charge in [-0.25, -0.2) is 0 Å². The first-order chi connectivity index (χ1) is 12.4. The van der Waals surface area contributed by atoms with Crippen LogP contribution in [0.15, 0.2) is 36.7 Å². The summed E-state index contributed by atoms with van der Waals surface area (Å²) in [6.07, 6.45) is -6.52. The van der Waals surface area contributed by atoms with Gasteiger partial charge in [0.15, 0.2) is 5.17 Å². The maximum atomic E-state index is 12.1. The summed E-state index contributed by atoms with van der Waals surface area (Å²) in [5, 5.41) is 6.85. The van der Waals surface area contributed by atoms with Crippen molar-refractivity contribution in [2.24, 2.45) is 5.73 Å². The lowest BCUT2D eigenvalue weighted by molar-refractivity contribution is -0.142. The second-order valence-electron chi connectivity index (χ2n) is 4.89. The van der Waals surface area contributed by atoms with Crippen LogP contribution in [-0.4, -0.2) is 15.1 Å². The van der Waals surface area contributed by atoms with Crippen LogP contribution in [0.25, 0.3) is 0 Å². The van der Waals surface area contributed by atoms with Crippen molar-refractivity contribution >= 4 is 40.9 Å². The molecule has 0 aliphatic carbocycles. The molecule has 2 aromatic rings. The molecule has 2 heterocycles. The first-order valence-electron chi connectivity index (χ1n) is 7.00. The lowest BCUT2D eigenvalue weighted by Gasteiger charge is -2.05. The smallest absolute Gasteiger partial charge is 0.379 e. The zero-order valence-corrected chi connectivity index (χ0v) is 16.2. The molecular formula is C15H14Cl2F6N4S. The summed E-state index contributed by atoms with van der Waals surface area (Å²) in [6, 6.07) is 4.46. The highest BCUT2D eigenvalue weighted by molar-refractivity contribution is 8.13. The summed E-state index contributed by atoms with van der Waals surface area (Å²) in [5.41, 5.74) is 4.45. The van der Waals surface area contributed by atoms with Crippen molar-refractivity contribution < 1.29 is 26.3 Å². The molecule has 0 spiro atoms. The van der Waals surface area contributed by atoms with Crippen LogP contribution in [0.2, 0.25) is 0 Å². The van der Waals surface area contributed by atoms with Gasteiger partial charge in [-0.05, 0) is 23.3 Å². The summed E-state index contributed by atoms with van der Waals surface area (Å²) >= 11 is 6.41. The zero-order chi connectivity index (χ0) is 20.7. The number of halogens is 8. The number of nitrogens with two attached hydrogens (primary N) is 1. The molecule has 0 radical (unpaired) electrons. The van der Waals surface area contributed by atoms with Crippen molar-refractivity contribution in [1.82, 2.24) is 9.97 Å². The molecule has 0 aromatic carbocycles. The largest absolute Gasteiger partial charge is 0.433 e. The van der Waals surface area contributed by atoms with Crippen molar-refractivity contribution in [3.63, 3.8) is 0 Å². The molecule has 2 rings (SSSR count). The molecule has 0 fully saturated rings. The maximum Gasteiger partial charge on any atom is 0.433 e. The van der Waals surface area contributed by atoms with Crippen LogP contribution in [-0.2, 0) is 24.0 Å². The molecule has 2 aromatic heterocycles. The van der Waals surface area contributed by atoms with Crippen LogP contribution >= 0.6 is 35.8 Å². The minimum atomic E-state index is -4.41. The fourth-order valence-electron chi connectivity index (χ4n) is 1.51. The Morgan fingerprint density at radius 2 is 1.36 bits per heavy atom. The minimum Gasteiger partial charge on any atom is -0.379 e. The minimum absolute atomic E-state index is 0. The summed E-state index contributed by atoms with van der Waals surface area (Å²) in [7, 11) is 0. The average molecular weight is 467 g/mol. The lowest BCUT2D eigenvalue weighted by atomic mass is 10.3. The first-order valence-corrected chi connectivity index (χ1v) is 8.52. The van der Waals surface area contributed by atoms with Gasteiger partial charge in [0.2, 0.25) is 0 Å².